The highest BCUT2D eigenvalue weighted by atomic mass is 79.9. The fraction of sp³-hybridized carbons (Fsp3) is 0.176. The topological polar surface area (TPSA) is 52.9 Å². The fourth-order valence-electron chi connectivity index (χ4n) is 2.03. The summed E-state index contributed by atoms with van der Waals surface area (Å²) in [5, 5.41) is 12.4. The van der Waals surface area contributed by atoms with Gasteiger partial charge in [0.15, 0.2) is 5.78 Å². The summed E-state index contributed by atoms with van der Waals surface area (Å²) in [5.74, 6) is -0.0128. The SMILES string of the molecule is CC(=O)c1ccc(C#N)c(NCc2cc(Br)ccc2C)c1. The van der Waals surface area contributed by atoms with Gasteiger partial charge in [-0.25, -0.2) is 0 Å². The van der Waals surface area contributed by atoms with Crippen LogP contribution in [0.3, 0.4) is 0 Å². The number of ketones is 1. The molecule has 3 nitrogen and oxygen atoms in total. The maximum absolute atomic E-state index is 11.5. The van der Waals surface area contributed by atoms with Gasteiger partial charge in [-0.05, 0) is 55.3 Å². The van der Waals surface area contributed by atoms with Crippen molar-refractivity contribution in [2.75, 3.05) is 5.32 Å². The van der Waals surface area contributed by atoms with E-state index in [1.165, 1.54) is 12.5 Å². The molecular formula is C17H15BrN2O. The van der Waals surface area contributed by atoms with Crippen LogP contribution in [0.4, 0.5) is 5.69 Å². The van der Waals surface area contributed by atoms with Gasteiger partial charge in [-0.1, -0.05) is 22.0 Å². The minimum absolute atomic E-state index is 0.0128. The smallest absolute Gasteiger partial charge is 0.159 e. The van der Waals surface area contributed by atoms with Crippen molar-refractivity contribution in [2.24, 2.45) is 0 Å². The van der Waals surface area contributed by atoms with Crippen LogP contribution >= 0.6 is 15.9 Å². The van der Waals surface area contributed by atoms with Gasteiger partial charge in [0.05, 0.1) is 11.3 Å². The van der Waals surface area contributed by atoms with Crippen molar-refractivity contribution in [1.29, 1.82) is 5.26 Å². The predicted molar refractivity (Wildman–Crippen MR) is 87.4 cm³/mol. The number of Topliss-reactive ketones (excluding diaryl/α,β-unsaturated/α-hetero) is 1. The molecule has 0 aliphatic rings. The number of aryl methyl sites for hydroxylation is 1. The molecule has 0 spiro atoms. The Morgan fingerprint density at radius 3 is 2.71 bits per heavy atom. The van der Waals surface area contributed by atoms with Crippen molar-refractivity contribution < 1.29 is 4.79 Å². The highest BCUT2D eigenvalue weighted by Gasteiger charge is 2.07. The van der Waals surface area contributed by atoms with Gasteiger partial charge in [-0.15, -0.1) is 0 Å². The number of nitrogens with zero attached hydrogens (tertiary/aromatic N) is 1. The van der Waals surface area contributed by atoms with Gasteiger partial charge in [0, 0.05) is 16.6 Å². The molecule has 0 saturated heterocycles. The van der Waals surface area contributed by atoms with E-state index < -0.39 is 0 Å². The summed E-state index contributed by atoms with van der Waals surface area (Å²) in [6, 6.07) is 13.3. The van der Waals surface area contributed by atoms with Gasteiger partial charge in [-0.3, -0.25) is 4.79 Å². The van der Waals surface area contributed by atoms with Crippen molar-refractivity contribution in [1.82, 2.24) is 0 Å². The molecule has 0 bridgehead atoms. The van der Waals surface area contributed by atoms with E-state index in [4.69, 9.17) is 5.26 Å². The Kier molecular flexibility index (Phi) is 4.77. The molecule has 1 N–H and O–H groups in total. The summed E-state index contributed by atoms with van der Waals surface area (Å²) >= 11 is 3.46. The standard InChI is InChI=1S/C17H15BrN2O/c1-11-3-6-16(18)7-15(11)10-20-17-8-13(12(2)21)4-5-14(17)9-19/h3-8,20H,10H2,1-2H3. The Morgan fingerprint density at radius 1 is 1.29 bits per heavy atom. The molecule has 2 rings (SSSR count). The average molecular weight is 343 g/mol. The zero-order valence-electron chi connectivity index (χ0n) is 11.9. The molecule has 2 aromatic carbocycles. The van der Waals surface area contributed by atoms with Gasteiger partial charge < -0.3 is 5.32 Å². The van der Waals surface area contributed by atoms with Crippen molar-refractivity contribution in [2.45, 2.75) is 20.4 Å². The van der Waals surface area contributed by atoms with Crippen LogP contribution in [0.2, 0.25) is 0 Å². The summed E-state index contributed by atoms with van der Waals surface area (Å²) in [7, 11) is 0. The Balaban J connectivity index is 2.27. The van der Waals surface area contributed by atoms with Gasteiger partial charge in [0.2, 0.25) is 0 Å². The number of rotatable bonds is 4. The van der Waals surface area contributed by atoms with E-state index >= 15 is 0 Å². The number of hydrogen-bond donors (Lipinski definition) is 1. The molecule has 2 aromatic rings. The maximum Gasteiger partial charge on any atom is 0.159 e. The number of carbonyl (C=O) groups is 1. The van der Waals surface area contributed by atoms with Crippen LogP contribution in [0.25, 0.3) is 0 Å². The minimum Gasteiger partial charge on any atom is -0.380 e. The number of hydrogen-bond acceptors (Lipinski definition) is 3. The van der Waals surface area contributed by atoms with Crippen LogP contribution in [-0.4, -0.2) is 5.78 Å². The summed E-state index contributed by atoms with van der Waals surface area (Å²) in [5.41, 5.74) is 4.13. The van der Waals surface area contributed by atoms with Gasteiger partial charge >= 0.3 is 0 Å². The van der Waals surface area contributed by atoms with Crippen LogP contribution < -0.4 is 5.32 Å². The minimum atomic E-state index is -0.0128. The molecule has 0 radical (unpaired) electrons. The van der Waals surface area contributed by atoms with E-state index in [-0.39, 0.29) is 5.78 Å². The molecule has 0 atom stereocenters. The molecule has 0 heterocycles. The predicted octanol–water partition coefficient (Wildman–Crippen LogP) is 4.44. The van der Waals surface area contributed by atoms with Crippen molar-refractivity contribution in [3.63, 3.8) is 0 Å². The van der Waals surface area contributed by atoms with Crippen LogP contribution in [0.5, 0.6) is 0 Å². The second kappa shape index (κ2) is 6.55. The lowest BCUT2D eigenvalue weighted by Crippen LogP contribution is -2.04. The molecule has 106 valence electrons. The quantitative estimate of drug-likeness (QED) is 0.835. The number of carbonyl (C=O) groups excluding carboxylic acids is 1. The van der Waals surface area contributed by atoms with Crippen LogP contribution in [0, 0.1) is 18.3 Å². The van der Waals surface area contributed by atoms with E-state index in [1.807, 2.05) is 25.1 Å². The normalized spacial score (nSPS) is 10.0. The third-order valence-corrected chi connectivity index (χ3v) is 3.82. The molecule has 0 aliphatic heterocycles. The molecule has 0 amide bonds. The first-order valence-electron chi connectivity index (χ1n) is 6.55. The summed E-state index contributed by atoms with van der Waals surface area (Å²) in [4.78, 5) is 11.5. The Morgan fingerprint density at radius 2 is 2.05 bits per heavy atom. The molecule has 0 aromatic heterocycles. The molecule has 0 fully saturated rings. The summed E-state index contributed by atoms with van der Waals surface area (Å²) < 4.78 is 1.02. The van der Waals surface area contributed by atoms with Crippen molar-refractivity contribution in [3.8, 4) is 6.07 Å². The maximum atomic E-state index is 11.5. The van der Waals surface area contributed by atoms with E-state index in [9.17, 15) is 4.79 Å². The number of anilines is 1. The zero-order chi connectivity index (χ0) is 15.4. The number of nitrogens with one attached hydrogen (secondary N) is 1. The largest absolute Gasteiger partial charge is 0.380 e. The van der Waals surface area contributed by atoms with Crippen LogP contribution in [0.15, 0.2) is 40.9 Å². The second-order valence-corrected chi connectivity index (χ2v) is 5.77. The van der Waals surface area contributed by atoms with E-state index in [0.717, 1.165) is 10.0 Å². The highest BCUT2D eigenvalue weighted by Crippen LogP contribution is 2.21. The van der Waals surface area contributed by atoms with Crippen molar-refractivity contribution >= 4 is 27.4 Å². The Bertz CT molecular complexity index is 732. The first-order valence-corrected chi connectivity index (χ1v) is 7.34. The lowest BCUT2D eigenvalue weighted by atomic mass is 10.1. The van der Waals surface area contributed by atoms with Gasteiger partial charge in [0.1, 0.15) is 6.07 Å². The lowest BCUT2D eigenvalue weighted by Gasteiger charge is -2.12. The molecule has 21 heavy (non-hydrogen) atoms. The monoisotopic (exact) mass is 342 g/mol. The number of benzene rings is 2. The zero-order valence-corrected chi connectivity index (χ0v) is 13.5. The fourth-order valence-corrected chi connectivity index (χ4v) is 2.44. The number of nitriles is 1. The van der Waals surface area contributed by atoms with E-state index in [1.54, 1.807) is 18.2 Å². The summed E-state index contributed by atoms with van der Waals surface area (Å²) in [6.07, 6.45) is 0. The molecule has 0 aliphatic carbocycles. The van der Waals surface area contributed by atoms with Gasteiger partial charge in [-0.2, -0.15) is 5.26 Å². The van der Waals surface area contributed by atoms with E-state index in [2.05, 4.69) is 27.3 Å². The second-order valence-electron chi connectivity index (χ2n) is 4.85. The third kappa shape index (κ3) is 3.71. The van der Waals surface area contributed by atoms with Crippen LogP contribution in [0.1, 0.15) is 34.0 Å². The van der Waals surface area contributed by atoms with Gasteiger partial charge in [0.25, 0.3) is 0 Å². The highest BCUT2D eigenvalue weighted by molar-refractivity contribution is 9.10. The average Bonchev–Trinajstić information content (AvgIpc) is 2.47. The molecule has 0 saturated carbocycles. The Hall–Kier alpha value is -2.12. The Labute approximate surface area is 132 Å². The first-order chi connectivity index (χ1) is 10.0. The molecular weight excluding hydrogens is 328 g/mol. The molecule has 0 unspecified atom stereocenters. The number of halogens is 1. The lowest BCUT2D eigenvalue weighted by molar-refractivity contribution is 0.101. The van der Waals surface area contributed by atoms with Crippen molar-refractivity contribution in [3.05, 3.63) is 63.1 Å². The molecule has 4 heteroatoms. The van der Waals surface area contributed by atoms with E-state index in [0.29, 0.717) is 23.4 Å². The third-order valence-electron chi connectivity index (χ3n) is 3.33. The summed E-state index contributed by atoms with van der Waals surface area (Å²) in [6.45, 7) is 4.16. The van der Waals surface area contributed by atoms with Crippen LogP contribution in [-0.2, 0) is 6.54 Å². The first kappa shape index (κ1) is 15.3.